The van der Waals surface area contributed by atoms with Gasteiger partial charge in [0.2, 0.25) is 0 Å². The van der Waals surface area contributed by atoms with Crippen molar-refractivity contribution in [2.45, 2.75) is 47.6 Å². The van der Waals surface area contributed by atoms with E-state index in [0.29, 0.717) is 5.92 Å². The lowest BCUT2D eigenvalue weighted by molar-refractivity contribution is 0.481. The molecule has 4 heteroatoms. The summed E-state index contributed by atoms with van der Waals surface area (Å²) in [5.74, 6) is 1.39. The molecule has 0 bridgehead atoms. The number of anilines is 1. The normalized spacial score (nSPS) is 10.8. The van der Waals surface area contributed by atoms with Crippen LogP contribution in [0.4, 0.5) is 5.69 Å². The van der Waals surface area contributed by atoms with Crippen molar-refractivity contribution in [2.75, 3.05) is 11.9 Å². The summed E-state index contributed by atoms with van der Waals surface area (Å²) < 4.78 is 2.04. The van der Waals surface area contributed by atoms with Crippen molar-refractivity contribution in [1.29, 1.82) is 0 Å². The number of halogens is 1. The highest BCUT2D eigenvalue weighted by Gasteiger charge is 2.05. The molecule has 0 aromatic carbocycles. The molecule has 1 heterocycles. The van der Waals surface area contributed by atoms with Crippen LogP contribution in [0.15, 0.2) is 6.20 Å². The third-order valence-corrected chi connectivity index (χ3v) is 2.54. The molecule has 0 spiro atoms. The summed E-state index contributed by atoms with van der Waals surface area (Å²) in [7, 11) is 0. The van der Waals surface area contributed by atoms with Gasteiger partial charge in [0.15, 0.2) is 0 Å². The minimum atomic E-state index is 0. The molecule has 0 radical (unpaired) electrons. The van der Waals surface area contributed by atoms with E-state index in [9.17, 15) is 0 Å². The summed E-state index contributed by atoms with van der Waals surface area (Å²) >= 11 is 0. The highest BCUT2D eigenvalue weighted by molar-refractivity contribution is 5.85. The van der Waals surface area contributed by atoms with E-state index in [4.69, 9.17) is 0 Å². The minimum absolute atomic E-state index is 0. The van der Waals surface area contributed by atoms with Crippen molar-refractivity contribution >= 4 is 18.1 Å². The lowest BCUT2D eigenvalue weighted by Gasteiger charge is -2.06. The molecule has 1 N–H and O–H groups in total. The molecule has 1 aromatic rings. The summed E-state index contributed by atoms with van der Waals surface area (Å²) in [6.07, 6.45) is 3.32. The smallest absolute Gasteiger partial charge is 0.0825 e. The Morgan fingerprint density at radius 1 is 1.24 bits per heavy atom. The molecule has 1 rings (SSSR count). The number of nitrogens with zero attached hydrogens (tertiary/aromatic N) is 2. The highest BCUT2D eigenvalue weighted by Crippen LogP contribution is 2.14. The van der Waals surface area contributed by atoms with Crippen molar-refractivity contribution in [3.63, 3.8) is 0 Å². The van der Waals surface area contributed by atoms with Gasteiger partial charge >= 0.3 is 0 Å². The Morgan fingerprint density at radius 3 is 2.41 bits per heavy atom. The van der Waals surface area contributed by atoms with Crippen LogP contribution in [0.2, 0.25) is 0 Å². The molecule has 1 aromatic heterocycles. The monoisotopic (exact) mass is 259 g/mol. The zero-order valence-corrected chi connectivity index (χ0v) is 12.5. The van der Waals surface area contributed by atoms with Crippen molar-refractivity contribution < 1.29 is 0 Å². The maximum Gasteiger partial charge on any atom is 0.0825 e. The molecule has 3 nitrogen and oxygen atoms in total. The maximum absolute atomic E-state index is 4.50. The molecular formula is C13H26ClN3. The molecule has 0 aliphatic heterocycles. The van der Waals surface area contributed by atoms with Gasteiger partial charge in [-0.2, -0.15) is 5.10 Å². The zero-order valence-electron chi connectivity index (χ0n) is 11.7. The van der Waals surface area contributed by atoms with Crippen LogP contribution < -0.4 is 5.32 Å². The fraction of sp³-hybridized carbons (Fsp3) is 0.769. The van der Waals surface area contributed by atoms with Crippen molar-refractivity contribution in [3.05, 3.63) is 11.9 Å². The number of nitrogens with one attached hydrogen (secondary N) is 1. The van der Waals surface area contributed by atoms with Crippen molar-refractivity contribution in [3.8, 4) is 0 Å². The van der Waals surface area contributed by atoms with Gasteiger partial charge in [-0.3, -0.25) is 4.68 Å². The first-order valence-corrected chi connectivity index (χ1v) is 6.27. The summed E-state index contributed by atoms with van der Waals surface area (Å²) in [4.78, 5) is 0. The first-order chi connectivity index (χ1) is 7.49. The van der Waals surface area contributed by atoms with Crippen LogP contribution in [-0.4, -0.2) is 16.3 Å². The molecular weight excluding hydrogens is 234 g/mol. The highest BCUT2D eigenvalue weighted by atomic mass is 35.5. The van der Waals surface area contributed by atoms with Crippen LogP contribution in [-0.2, 0) is 6.54 Å². The van der Waals surface area contributed by atoms with Gasteiger partial charge in [0.25, 0.3) is 0 Å². The summed E-state index contributed by atoms with van der Waals surface area (Å²) in [6.45, 7) is 13.0. The summed E-state index contributed by atoms with van der Waals surface area (Å²) in [5, 5.41) is 7.96. The number of rotatable bonds is 6. The molecule has 0 saturated carbocycles. The summed E-state index contributed by atoms with van der Waals surface area (Å²) in [5.41, 5.74) is 2.28. The van der Waals surface area contributed by atoms with Crippen molar-refractivity contribution in [1.82, 2.24) is 9.78 Å². The van der Waals surface area contributed by atoms with E-state index in [0.717, 1.165) is 24.7 Å². The van der Waals surface area contributed by atoms with E-state index in [1.807, 2.05) is 4.68 Å². The van der Waals surface area contributed by atoms with Gasteiger partial charge in [0.05, 0.1) is 11.4 Å². The fourth-order valence-corrected chi connectivity index (χ4v) is 1.65. The topological polar surface area (TPSA) is 29.9 Å². The lowest BCUT2D eigenvalue weighted by Crippen LogP contribution is -2.05. The Morgan fingerprint density at radius 2 is 1.88 bits per heavy atom. The average Bonchev–Trinajstić information content (AvgIpc) is 2.45. The predicted molar refractivity (Wildman–Crippen MR) is 77.0 cm³/mol. The molecule has 100 valence electrons. The zero-order chi connectivity index (χ0) is 12.1. The Hall–Kier alpha value is -0.700. The first-order valence-electron chi connectivity index (χ1n) is 6.27. The molecule has 0 aliphatic rings. The molecule has 17 heavy (non-hydrogen) atoms. The molecule has 0 unspecified atom stereocenters. The van der Waals surface area contributed by atoms with Gasteiger partial charge in [0, 0.05) is 19.3 Å². The largest absolute Gasteiger partial charge is 0.382 e. The predicted octanol–water partition coefficient (Wildman–Crippen LogP) is 3.73. The van der Waals surface area contributed by atoms with Crippen LogP contribution in [0.3, 0.4) is 0 Å². The Bertz CT molecular complexity index is 318. The van der Waals surface area contributed by atoms with Crippen LogP contribution in [0.1, 0.15) is 39.8 Å². The standard InChI is InChI=1S/C13H25N3.ClH/c1-10(2)6-7-14-13-9-16(8-11(3)4)15-12(13)5;/h9-11,14H,6-8H2,1-5H3;1H. The summed E-state index contributed by atoms with van der Waals surface area (Å²) in [6, 6.07) is 0. The van der Waals surface area contributed by atoms with Crippen LogP contribution in [0, 0.1) is 18.8 Å². The second-order valence-corrected chi connectivity index (χ2v) is 5.35. The number of aryl methyl sites for hydroxylation is 1. The van der Waals surface area contributed by atoms with Gasteiger partial charge in [-0.15, -0.1) is 12.4 Å². The maximum atomic E-state index is 4.50. The average molecular weight is 260 g/mol. The molecule has 0 atom stereocenters. The van der Waals surface area contributed by atoms with Gasteiger partial charge in [-0.05, 0) is 25.2 Å². The van der Waals surface area contributed by atoms with Gasteiger partial charge in [-0.25, -0.2) is 0 Å². The first kappa shape index (κ1) is 16.3. The van der Waals surface area contributed by atoms with E-state index < -0.39 is 0 Å². The Balaban J connectivity index is 0.00000256. The lowest BCUT2D eigenvalue weighted by atomic mass is 10.1. The van der Waals surface area contributed by atoms with Crippen molar-refractivity contribution in [2.24, 2.45) is 11.8 Å². The third kappa shape index (κ3) is 5.97. The van der Waals surface area contributed by atoms with E-state index in [1.54, 1.807) is 0 Å². The second kappa shape index (κ2) is 7.59. The minimum Gasteiger partial charge on any atom is -0.382 e. The second-order valence-electron chi connectivity index (χ2n) is 5.35. The molecule has 0 aliphatic carbocycles. The van der Waals surface area contributed by atoms with E-state index >= 15 is 0 Å². The Labute approximate surface area is 111 Å². The van der Waals surface area contributed by atoms with Gasteiger partial charge in [-0.1, -0.05) is 27.7 Å². The quantitative estimate of drug-likeness (QED) is 0.844. The Kier molecular flexibility index (Phi) is 7.28. The van der Waals surface area contributed by atoms with Gasteiger partial charge < -0.3 is 5.32 Å². The van der Waals surface area contributed by atoms with Crippen LogP contribution >= 0.6 is 12.4 Å². The van der Waals surface area contributed by atoms with E-state index in [-0.39, 0.29) is 12.4 Å². The number of hydrogen-bond donors (Lipinski definition) is 1. The SMILES string of the molecule is Cc1nn(CC(C)C)cc1NCCC(C)C.Cl. The van der Waals surface area contributed by atoms with E-state index in [2.05, 4.69) is 51.2 Å². The number of hydrogen-bond acceptors (Lipinski definition) is 2. The van der Waals surface area contributed by atoms with Gasteiger partial charge in [0.1, 0.15) is 0 Å². The third-order valence-electron chi connectivity index (χ3n) is 2.54. The van der Waals surface area contributed by atoms with Crippen LogP contribution in [0.25, 0.3) is 0 Å². The van der Waals surface area contributed by atoms with Crippen LogP contribution in [0.5, 0.6) is 0 Å². The molecule has 0 amide bonds. The number of aromatic nitrogens is 2. The molecule has 0 saturated heterocycles. The fourth-order valence-electron chi connectivity index (χ4n) is 1.65. The molecule has 0 fully saturated rings. The van der Waals surface area contributed by atoms with E-state index in [1.165, 1.54) is 12.1 Å².